The van der Waals surface area contributed by atoms with Gasteiger partial charge in [-0.2, -0.15) is 0 Å². The Kier molecular flexibility index (Phi) is 8.08. The molecule has 0 N–H and O–H groups in total. The molecule has 1 aromatic rings. The summed E-state index contributed by atoms with van der Waals surface area (Å²) in [7, 11) is 0.507. The molecular weight excluding hydrogens is 267 g/mol. The minimum atomic E-state index is -1.39. The first kappa shape index (κ1) is 17.4. The first-order valence-electron chi connectivity index (χ1n) is 7.95. The highest BCUT2D eigenvalue weighted by Gasteiger charge is 2.28. The lowest BCUT2D eigenvalue weighted by Gasteiger charge is -2.27. The maximum atomic E-state index is 12.8. The van der Waals surface area contributed by atoms with Gasteiger partial charge < -0.3 is 4.43 Å². The van der Waals surface area contributed by atoms with Crippen molar-refractivity contribution in [3.8, 4) is 0 Å². The van der Waals surface area contributed by atoms with Crippen molar-refractivity contribution >= 4 is 8.32 Å². The van der Waals surface area contributed by atoms with E-state index in [0.717, 1.165) is 6.42 Å². The van der Waals surface area contributed by atoms with Crippen LogP contribution in [0.15, 0.2) is 24.3 Å². The predicted molar refractivity (Wildman–Crippen MR) is 87.1 cm³/mol. The first-order valence-corrected chi connectivity index (χ1v) is 10.5. The molecule has 0 saturated carbocycles. The third-order valence-electron chi connectivity index (χ3n) is 4.48. The largest absolute Gasteiger partial charge is 0.420 e. The van der Waals surface area contributed by atoms with Gasteiger partial charge in [0.15, 0.2) is 8.32 Å². The van der Waals surface area contributed by atoms with Crippen molar-refractivity contribution in [3.63, 3.8) is 0 Å². The maximum absolute atomic E-state index is 12.8. The van der Waals surface area contributed by atoms with E-state index in [-0.39, 0.29) is 5.82 Å². The minimum Gasteiger partial charge on any atom is -0.420 e. The Labute approximate surface area is 124 Å². The highest BCUT2D eigenvalue weighted by molar-refractivity contribution is 6.73. The summed E-state index contributed by atoms with van der Waals surface area (Å²) in [6, 6.07) is 10.7. The van der Waals surface area contributed by atoms with Crippen LogP contribution in [-0.2, 0) is 10.8 Å². The zero-order chi connectivity index (χ0) is 14.8. The zero-order valence-electron chi connectivity index (χ0n) is 13.3. The van der Waals surface area contributed by atoms with Gasteiger partial charge in [-0.1, -0.05) is 45.2 Å². The highest BCUT2D eigenvalue weighted by atomic mass is 28.4. The Morgan fingerprint density at radius 3 is 2.10 bits per heavy atom. The summed E-state index contributed by atoms with van der Waals surface area (Å²) < 4.78 is 18.6. The number of unbranched alkanes of at least 4 members (excludes halogenated alkanes) is 3. The van der Waals surface area contributed by atoms with E-state index in [1.165, 1.54) is 49.4 Å². The normalized spacial score (nSPS) is 11.8. The molecule has 0 bridgehead atoms. The molecule has 0 fully saturated rings. The van der Waals surface area contributed by atoms with Gasteiger partial charge in [-0.25, -0.2) is 4.39 Å². The number of hydrogen-bond acceptors (Lipinski definition) is 1. The van der Waals surface area contributed by atoms with Crippen LogP contribution in [0.3, 0.4) is 0 Å². The Bertz CT molecular complexity index is 351. The van der Waals surface area contributed by atoms with Crippen LogP contribution in [0.2, 0.25) is 18.1 Å². The Hall–Kier alpha value is -0.673. The fourth-order valence-electron chi connectivity index (χ4n) is 2.78. The van der Waals surface area contributed by atoms with Crippen molar-refractivity contribution < 1.29 is 8.82 Å². The third-order valence-corrected chi connectivity index (χ3v) is 9.19. The van der Waals surface area contributed by atoms with Crippen LogP contribution >= 0.6 is 0 Å². The van der Waals surface area contributed by atoms with Gasteiger partial charge in [-0.3, -0.25) is 0 Å². The molecule has 0 atom stereocenters. The molecule has 0 saturated heterocycles. The summed E-state index contributed by atoms with van der Waals surface area (Å²) in [5.41, 5.74) is 1.24. The number of benzene rings is 1. The Balaban J connectivity index is 2.14. The lowest BCUT2D eigenvalue weighted by molar-refractivity contribution is 0.389. The van der Waals surface area contributed by atoms with Gasteiger partial charge in [0.25, 0.3) is 0 Å². The monoisotopic (exact) mass is 296 g/mol. The zero-order valence-corrected chi connectivity index (χ0v) is 14.3. The summed E-state index contributed by atoms with van der Waals surface area (Å²) in [6.45, 7) is 4.54. The molecule has 20 heavy (non-hydrogen) atoms. The number of aryl methyl sites for hydroxylation is 1. The van der Waals surface area contributed by atoms with Gasteiger partial charge in [-0.05, 0) is 48.7 Å². The maximum Gasteiger partial charge on any atom is 0.191 e. The molecule has 0 radical (unpaired) electrons. The average molecular weight is 297 g/mol. The van der Waals surface area contributed by atoms with E-state index >= 15 is 0 Å². The van der Waals surface area contributed by atoms with E-state index in [0.29, 0.717) is 0 Å². The number of rotatable bonds is 10. The molecule has 0 aliphatic heterocycles. The quantitative estimate of drug-likeness (QED) is 0.406. The van der Waals surface area contributed by atoms with E-state index < -0.39 is 8.32 Å². The second-order valence-electron chi connectivity index (χ2n) is 5.63. The molecular formula is C17H29FOSi. The summed E-state index contributed by atoms with van der Waals surface area (Å²) >= 11 is 0. The second-order valence-corrected chi connectivity index (χ2v) is 10.3. The van der Waals surface area contributed by atoms with Crippen LogP contribution in [0.5, 0.6) is 0 Å². The Morgan fingerprint density at radius 2 is 1.55 bits per heavy atom. The number of hydrogen-bond donors (Lipinski definition) is 0. The molecule has 3 heteroatoms. The second kappa shape index (κ2) is 9.30. The summed E-state index contributed by atoms with van der Waals surface area (Å²) in [5, 5.41) is 0. The molecule has 0 spiro atoms. The van der Waals surface area contributed by atoms with Crippen LogP contribution < -0.4 is 0 Å². The van der Waals surface area contributed by atoms with Crippen molar-refractivity contribution in [2.75, 3.05) is 7.11 Å². The molecule has 1 nitrogen and oxygen atoms in total. The highest BCUT2D eigenvalue weighted by Crippen LogP contribution is 2.24. The molecule has 0 aromatic heterocycles. The van der Waals surface area contributed by atoms with Crippen molar-refractivity contribution in [1.29, 1.82) is 0 Å². The summed E-state index contributed by atoms with van der Waals surface area (Å²) in [5.74, 6) is -0.145. The molecule has 0 aliphatic carbocycles. The average Bonchev–Trinajstić information content (AvgIpc) is 2.49. The fraction of sp³-hybridized carbons (Fsp3) is 0.647. The van der Waals surface area contributed by atoms with Crippen LogP contribution in [0.25, 0.3) is 0 Å². The lowest BCUT2D eigenvalue weighted by atomic mass is 10.1. The van der Waals surface area contributed by atoms with E-state index in [9.17, 15) is 4.39 Å². The summed E-state index contributed by atoms with van der Waals surface area (Å²) in [4.78, 5) is 0. The standard InChI is InChI=1S/C17H29FOSi/c1-4-20(5-2,19-3)15-9-7-6-8-10-16-11-13-17(18)14-12-16/h11-14H,4-10,15H2,1-3H3. The van der Waals surface area contributed by atoms with Crippen molar-refractivity contribution in [1.82, 2.24) is 0 Å². The molecule has 1 aromatic carbocycles. The van der Waals surface area contributed by atoms with Gasteiger partial charge in [-0.15, -0.1) is 0 Å². The van der Waals surface area contributed by atoms with Crippen molar-refractivity contribution in [2.45, 2.75) is 64.1 Å². The third kappa shape index (κ3) is 5.76. The van der Waals surface area contributed by atoms with Crippen LogP contribution in [0.4, 0.5) is 4.39 Å². The summed E-state index contributed by atoms with van der Waals surface area (Å²) in [6.07, 6.45) is 6.11. The minimum absolute atomic E-state index is 0.145. The van der Waals surface area contributed by atoms with Gasteiger partial charge in [0.1, 0.15) is 5.82 Å². The van der Waals surface area contributed by atoms with Crippen LogP contribution in [0, 0.1) is 5.82 Å². The first-order chi connectivity index (χ1) is 9.65. The smallest absolute Gasteiger partial charge is 0.191 e. The number of halogens is 1. The van der Waals surface area contributed by atoms with E-state index in [4.69, 9.17) is 4.43 Å². The van der Waals surface area contributed by atoms with Gasteiger partial charge >= 0.3 is 0 Å². The molecule has 0 unspecified atom stereocenters. The molecule has 1 rings (SSSR count). The van der Waals surface area contributed by atoms with E-state index in [1.807, 2.05) is 19.2 Å². The van der Waals surface area contributed by atoms with Gasteiger partial charge in [0.2, 0.25) is 0 Å². The molecule has 114 valence electrons. The molecule has 0 aliphatic rings. The molecule has 0 amide bonds. The molecule has 0 heterocycles. The fourth-order valence-corrected chi connectivity index (χ4v) is 5.66. The topological polar surface area (TPSA) is 9.23 Å². The predicted octanol–water partition coefficient (Wildman–Crippen LogP) is 5.56. The van der Waals surface area contributed by atoms with Crippen molar-refractivity contribution in [3.05, 3.63) is 35.6 Å². The van der Waals surface area contributed by atoms with Crippen molar-refractivity contribution in [2.24, 2.45) is 0 Å². The Morgan fingerprint density at radius 1 is 0.950 bits per heavy atom. The van der Waals surface area contributed by atoms with E-state index in [1.54, 1.807) is 12.1 Å². The SMILES string of the molecule is CC[Si](CC)(CCCCCCc1ccc(F)cc1)OC. The van der Waals surface area contributed by atoms with Crippen LogP contribution in [0.1, 0.15) is 45.1 Å². The lowest BCUT2D eigenvalue weighted by Crippen LogP contribution is -2.34. The van der Waals surface area contributed by atoms with Gasteiger partial charge in [0, 0.05) is 7.11 Å². The van der Waals surface area contributed by atoms with Crippen LogP contribution in [-0.4, -0.2) is 15.4 Å². The van der Waals surface area contributed by atoms with E-state index in [2.05, 4.69) is 13.8 Å². The van der Waals surface area contributed by atoms with Gasteiger partial charge in [0.05, 0.1) is 0 Å².